The highest BCUT2D eigenvalue weighted by atomic mass is 16.5. The Morgan fingerprint density at radius 1 is 0.357 bits per heavy atom. The Morgan fingerprint density at radius 3 is 1.21 bits per heavy atom. The van der Waals surface area contributed by atoms with E-state index in [4.69, 9.17) is 18.9 Å². The Hall–Kier alpha value is -0.520. The van der Waals surface area contributed by atoms with Crippen LogP contribution in [0.1, 0.15) is 57.8 Å². The normalized spacial score (nSPS) is 46.9. The van der Waals surface area contributed by atoms with Crippen molar-refractivity contribution in [2.75, 3.05) is 33.0 Å². The highest BCUT2D eigenvalue weighted by Crippen LogP contribution is 2.32. The summed E-state index contributed by atoms with van der Waals surface area (Å²) in [6, 6.07) is 0. The highest BCUT2D eigenvalue weighted by Gasteiger charge is 2.41. The minimum Gasteiger partial charge on any atom is -0.390 e. The minimum absolute atomic E-state index is 0.0449. The smallest absolute Gasteiger partial charge is 0.111 e. The number of hydrogen-bond acceptors (Lipinski definition) is 13. The second kappa shape index (κ2) is 16.2. The molecule has 13 nitrogen and oxygen atoms in total. The van der Waals surface area contributed by atoms with E-state index in [0.717, 1.165) is 0 Å². The van der Waals surface area contributed by atoms with Gasteiger partial charge < -0.3 is 64.9 Å². The summed E-state index contributed by atoms with van der Waals surface area (Å²) in [5, 5.41) is 92.1. The van der Waals surface area contributed by atoms with Crippen LogP contribution in [0, 0.1) is 17.8 Å². The number of ether oxygens (including phenoxy) is 4. The van der Waals surface area contributed by atoms with Gasteiger partial charge in [-0.15, -0.1) is 0 Å². The van der Waals surface area contributed by atoms with Gasteiger partial charge in [0, 0.05) is 17.8 Å². The molecule has 0 saturated carbocycles. The summed E-state index contributed by atoms with van der Waals surface area (Å²) in [7, 11) is 0. The lowest BCUT2D eigenvalue weighted by Gasteiger charge is -2.40. The molecule has 0 radical (unpaired) electrons. The summed E-state index contributed by atoms with van der Waals surface area (Å²) in [6.45, 7) is 1.04. The molecule has 9 N–H and O–H groups in total. The molecule has 0 aliphatic carbocycles. The van der Waals surface area contributed by atoms with E-state index in [0.29, 0.717) is 71.0 Å². The van der Waals surface area contributed by atoms with Crippen LogP contribution in [0.4, 0.5) is 0 Å². The molecular weight excluding hydrogens is 556 g/mol. The summed E-state index contributed by atoms with van der Waals surface area (Å²) in [4.78, 5) is 0. The molecule has 4 saturated heterocycles. The van der Waals surface area contributed by atoms with Crippen molar-refractivity contribution in [1.29, 1.82) is 0 Å². The monoisotopic (exact) mass is 608 g/mol. The van der Waals surface area contributed by atoms with Crippen molar-refractivity contribution >= 4 is 0 Å². The predicted octanol–water partition coefficient (Wildman–Crippen LogP) is -2.18. The molecule has 4 aliphatic rings. The van der Waals surface area contributed by atoms with Crippen LogP contribution in [0.2, 0.25) is 0 Å². The minimum atomic E-state index is -1.25. The fourth-order valence-electron chi connectivity index (χ4n) is 6.87. The molecule has 0 aromatic heterocycles. The van der Waals surface area contributed by atoms with Crippen LogP contribution in [-0.4, -0.2) is 152 Å². The van der Waals surface area contributed by atoms with Crippen LogP contribution in [0.5, 0.6) is 0 Å². The van der Waals surface area contributed by atoms with E-state index in [1.165, 1.54) is 0 Å². The van der Waals surface area contributed by atoms with E-state index in [1.807, 2.05) is 0 Å². The first-order valence-corrected chi connectivity index (χ1v) is 15.6. The highest BCUT2D eigenvalue weighted by molar-refractivity contribution is 4.91. The van der Waals surface area contributed by atoms with Crippen molar-refractivity contribution in [3.05, 3.63) is 0 Å². The maximum atomic E-state index is 10.7. The molecule has 42 heavy (non-hydrogen) atoms. The second-order valence-corrected chi connectivity index (χ2v) is 12.8. The van der Waals surface area contributed by atoms with Gasteiger partial charge in [-0.1, -0.05) is 19.3 Å². The van der Waals surface area contributed by atoms with Crippen molar-refractivity contribution in [2.45, 2.75) is 131 Å². The first-order chi connectivity index (χ1) is 20.1. The lowest BCUT2D eigenvalue weighted by Crippen LogP contribution is -2.53. The van der Waals surface area contributed by atoms with E-state index in [1.54, 1.807) is 0 Å². The van der Waals surface area contributed by atoms with Gasteiger partial charge in [0.25, 0.3) is 0 Å². The van der Waals surface area contributed by atoms with Gasteiger partial charge in [-0.2, -0.15) is 0 Å². The number of rotatable bonds is 12. The fourth-order valence-corrected chi connectivity index (χ4v) is 6.87. The molecule has 4 fully saturated rings. The van der Waals surface area contributed by atoms with Crippen LogP contribution in [0.15, 0.2) is 0 Å². The Morgan fingerprint density at radius 2 is 0.738 bits per heavy atom. The summed E-state index contributed by atoms with van der Waals surface area (Å²) in [5.74, 6) is -0.725. The number of aliphatic hydroxyl groups is 9. The van der Waals surface area contributed by atoms with Crippen LogP contribution in [0.3, 0.4) is 0 Å². The van der Waals surface area contributed by atoms with Gasteiger partial charge in [0.2, 0.25) is 0 Å². The fraction of sp³-hybridized carbons (Fsp3) is 1.00. The summed E-state index contributed by atoms with van der Waals surface area (Å²) in [6.07, 6.45) is -5.92. The maximum absolute atomic E-state index is 10.7. The Bertz CT molecular complexity index is 791. The van der Waals surface area contributed by atoms with E-state index < -0.39 is 73.2 Å². The largest absolute Gasteiger partial charge is 0.390 e. The van der Waals surface area contributed by atoms with Crippen LogP contribution < -0.4 is 0 Å². The average molecular weight is 609 g/mol. The first kappa shape index (κ1) is 34.4. The molecule has 0 aromatic carbocycles. The van der Waals surface area contributed by atoms with Crippen LogP contribution >= 0.6 is 0 Å². The van der Waals surface area contributed by atoms with Gasteiger partial charge in [0.05, 0.1) is 69.7 Å². The maximum Gasteiger partial charge on any atom is 0.111 e. The first-order valence-electron chi connectivity index (χ1n) is 15.6. The summed E-state index contributed by atoms with van der Waals surface area (Å²) >= 11 is 0. The van der Waals surface area contributed by atoms with Crippen LogP contribution in [0.25, 0.3) is 0 Å². The topological polar surface area (TPSA) is 219 Å². The third-order valence-electron chi connectivity index (χ3n) is 9.77. The molecule has 15 atom stereocenters. The van der Waals surface area contributed by atoms with Gasteiger partial charge in [-0.25, -0.2) is 0 Å². The summed E-state index contributed by atoms with van der Waals surface area (Å²) < 4.78 is 22.5. The lowest BCUT2D eigenvalue weighted by molar-refractivity contribution is -0.190. The SMILES string of the molecule is OC1COC[C@H](CCC[C@@H]2OC[C@H](CCC[C@@H]3OC[C@H](CCC[C@@H]4OC[C@H](O)[C@H](O)C4O)[C@H](O)C3O)[C@H](O)C2O)[C@@H]1O. The molecule has 4 rings (SSSR count). The van der Waals surface area contributed by atoms with Crippen molar-refractivity contribution in [2.24, 2.45) is 17.8 Å². The van der Waals surface area contributed by atoms with Gasteiger partial charge in [-0.05, 0) is 38.5 Å². The zero-order valence-electron chi connectivity index (χ0n) is 24.2. The van der Waals surface area contributed by atoms with E-state index in [9.17, 15) is 46.0 Å². The molecule has 4 unspecified atom stereocenters. The molecule has 0 amide bonds. The average Bonchev–Trinajstić information content (AvgIpc) is 2.97. The van der Waals surface area contributed by atoms with E-state index in [-0.39, 0.29) is 37.6 Å². The van der Waals surface area contributed by atoms with Gasteiger partial charge in [0.15, 0.2) is 0 Å². The lowest BCUT2D eigenvalue weighted by atomic mass is 9.84. The Balaban J connectivity index is 1.11. The zero-order valence-corrected chi connectivity index (χ0v) is 24.2. The van der Waals surface area contributed by atoms with Crippen molar-refractivity contribution in [1.82, 2.24) is 0 Å². The molecular formula is C29H52O13. The molecule has 246 valence electrons. The molecule has 4 aliphatic heterocycles. The zero-order chi connectivity index (χ0) is 30.4. The molecule has 4 heterocycles. The van der Waals surface area contributed by atoms with E-state index in [2.05, 4.69) is 0 Å². The molecule has 0 bridgehead atoms. The van der Waals surface area contributed by atoms with Crippen molar-refractivity contribution in [3.8, 4) is 0 Å². The second-order valence-electron chi connectivity index (χ2n) is 12.8. The van der Waals surface area contributed by atoms with Gasteiger partial charge in [0.1, 0.15) is 36.6 Å². The Labute approximate surface area is 247 Å². The van der Waals surface area contributed by atoms with E-state index >= 15 is 0 Å². The standard InChI is InChI=1S/C29H52O13/c30-18-13-39-10-15(23(18)32)4-1-7-20-27(36)24(33)16(11-40-20)5-2-8-21-28(37)25(34)17(12-41-21)6-3-9-22-29(38)26(35)19(31)14-42-22/h15-38H,1-14H2/t15-,16-,17-,18?,19-,20-,21-,22-,23-,24-,25-,26-,27?,28?,29?/m0/s1. The predicted molar refractivity (Wildman–Crippen MR) is 146 cm³/mol. The number of hydrogen-bond donors (Lipinski definition) is 9. The van der Waals surface area contributed by atoms with Crippen molar-refractivity contribution in [3.63, 3.8) is 0 Å². The molecule has 0 spiro atoms. The Kier molecular flexibility index (Phi) is 13.2. The number of aliphatic hydroxyl groups excluding tert-OH is 9. The van der Waals surface area contributed by atoms with Gasteiger partial charge >= 0.3 is 0 Å². The van der Waals surface area contributed by atoms with Crippen LogP contribution in [-0.2, 0) is 18.9 Å². The third-order valence-corrected chi connectivity index (χ3v) is 9.77. The molecule has 0 aromatic rings. The van der Waals surface area contributed by atoms with Crippen molar-refractivity contribution < 1.29 is 64.9 Å². The quantitative estimate of drug-likeness (QED) is 0.115. The van der Waals surface area contributed by atoms with Gasteiger partial charge in [-0.3, -0.25) is 0 Å². The third kappa shape index (κ3) is 8.59. The molecule has 13 heteroatoms. The summed E-state index contributed by atoms with van der Waals surface area (Å²) in [5.41, 5.74) is 0.